The second-order valence-electron chi connectivity index (χ2n) is 6.48. The number of alkyl halides is 3. The number of nitrogens with zero attached hydrogens (tertiary/aromatic N) is 2. The zero-order chi connectivity index (χ0) is 19.0. The number of amides is 1. The summed E-state index contributed by atoms with van der Waals surface area (Å²) < 4.78 is 50.8. The fourth-order valence-corrected chi connectivity index (χ4v) is 3.71. The first kappa shape index (κ1) is 19.6. The van der Waals surface area contributed by atoms with Crippen LogP contribution in [0.2, 0.25) is 24.7 Å². The molecule has 0 aliphatic carbocycles. The number of ether oxygens (including phenoxy) is 1. The molecule has 1 amide bonds. The van der Waals surface area contributed by atoms with Gasteiger partial charge in [0.2, 0.25) is 0 Å². The molecule has 1 heterocycles. The van der Waals surface area contributed by atoms with E-state index in [-0.39, 0.29) is 16.3 Å². The van der Waals surface area contributed by atoms with Gasteiger partial charge in [-0.05, 0) is 37.8 Å². The molecule has 2 unspecified atom stereocenters. The first-order valence-electron chi connectivity index (χ1n) is 7.34. The smallest absolute Gasteiger partial charge is 0.415 e. The van der Waals surface area contributed by atoms with E-state index in [1.165, 1.54) is 18.2 Å². The van der Waals surface area contributed by atoms with Crippen molar-refractivity contribution in [3.05, 3.63) is 28.8 Å². The molecule has 2 rings (SSSR count). The Labute approximate surface area is 149 Å². The van der Waals surface area contributed by atoms with Gasteiger partial charge in [-0.3, -0.25) is 4.90 Å². The van der Waals surface area contributed by atoms with Crippen LogP contribution in [0.5, 0.6) is 0 Å². The van der Waals surface area contributed by atoms with Crippen LogP contribution in [0.1, 0.15) is 5.56 Å². The monoisotopic (exact) mass is 392 g/mol. The van der Waals surface area contributed by atoms with Gasteiger partial charge in [0.25, 0.3) is 0 Å². The van der Waals surface area contributed by atoms with Gasteiger partial charge in [0.1, 0.15) is 18.7 Å². The Balaban J connectivity index is 2.43. The van der Waals surface area contributed by atoms with Crippen LogP contribution in [0.3, 0.4) is 0 Å². The number of nitriles is 1. The Morgan fingerprint density at radius 2 is 2.08 bits per heavy atom. The lowest BCUT2D eigenvalue weighted by molar-refractivity contribution is -0.203. The van der Waals surface area contributed by atoms with Gasteiger partial charge in [-0.1, -0.05) is 11.6 Å². The SMILES string of the molecule is C[Si](C)(C)OC(C1COC(=O)N1c1ccc(C#N)c(Cl)c1)C(F)(F)F. The molecule has 1 saturated heterocycles. The zero-order valence-electron chi connectivity index (χ0n) is 13.7. The van der Waals surface area contributed by atoms with Gasteiger partial charge >= 0.3 is 12.3 Å². The minimum atomic E-state index is -4.67. The molecular formula is C15H16ClF3N2O3Si. The van der Waals surface area contributed by atoms with Crippen molar-refractivity contribution in [2.45, 2.75) is 38.0 Å². The van der Waals surface area contributed by atoms with Gasteiger partial charge in [-0.2, -0.15) is 18.4 Å². The molecule has 10 heteroatoms. The highest BCUT2D eigenvalue weighted by Crippen LogP contribution is 2.36. The molecule has 25 heavy (non-hydrogen) atoms. The third kappa shape index (κ3) is 4.45. The molecule has 1 aliphatic rings. The number of carbonyl (C=O) groups is 1. The minimum Gasteiger partial charge on any atom is -0.447 e. The van der Waals surface area contributed by atoms with E-state index in [1.807, 2.05) is 6.07 Å². The van der Waals surface area contributed by atoms with Crippen molar-refractivity contribution in [1.82, 2.24) is 0 Å². The van der Waals surface area contributed by atoms with Crippen molar-refractivity contribution < 1.29 is 27.1 Å². The van der Waals surface area contributed by atoms with Gasteiger partial charge < -0.3 is 9.16 Å². The summed E-state index contributed by atoms with van der Waals surface area (Å²) in [7, 11) is -2.56. The van der Waals surface area contributed by atoms with Crippen LogP contribution in [0, 0.1) is 11.3 Å². The zero-order valence-corrected chi connectivity index (χ0v) is 15.5. The van der Waals surface area contributed by atoms with Gasteiger partial charge in [0.15, 0.2) is 14.4 Å². The highest BCUT2D eigenvalue weighted by Gasteiger charge is 2.53. The summed E-state index contributed by atoms with van der Waals surface area (Å²) in [5.74, 6) is 0. The fourth-order valence-electron chi connectivity index (χ4n) is 2.44. The number of anilines is 1. The lowest BCUT2D eigenvalue weighted by Crippen LogP contribution is -2.54. The summed E-state index contributed by atoms with van der Waals surface area (Å²) in [5, 5.41) is 8.93. The summed E-state index contributed by atoms with van der Waals surface area (Å²) in [4.78, 5) is 12.9. The average Bonchev–Trinajstić information content (AvgIpc) is 2.84. The third-order valence-corrected chi connectivity index (χ3v) is 4.68. The van der Waals surface area contributed by atoms with Gasteiger partial charge in [0, 0.05) is 5.69 Å². The molecule has 1 fully saturated rings. The van der Waals surface area contributed by atoms with Crippen LogP contribution in [-0.4, -0.2) is 39.3 Å². The summed E-state index contributed by atoms with van der Waals surface area (Å²) in [6.07, 6.45) is -7.77. The molecular weight excluding hydrogens is 377 g/mol. The van der Waals surface area contributed by atoms with E-state index in [4.69, 9.17) is 26.0 Å². The molecule has 0 spiro atoms. The third-order valence-electron chi connectivity index (χ3n) is 3.41. The van der Waals surface area contributed by atoms with Gasteiger partial charge in [0.05, 0.1) is 10.6 Å². The molecule has 0 radical (unpaired) electrons. The first-order valence-corrected chi connectivity index (χ1v) is 11.1. The lowest BCUT2D eigenvalue weighted by Gasteiger charge is -2.34. The van der Waals surface area contributed by atoms with Crippen molar-refractivity contribution in [3.8, 4) is 6.07 Å². The second kappa shape index (κ2) is 6.86. The van der Waals surface area contributed by atoms with Crippen LogP contribution in [0.25, 0.3) is 0 Å². The van der Waals surface area contributed by atoms with Crippen LogP contribution in [0.15, 0.2) is 18.2 Å². The number of benzene rings is 1. The molecule has 1 aliphatic heterocycles. The van der Waals surface area contributed by atoms with Crippen molar-refractivity contribution in [1.29, 1.82) is 5.26 Å². The van der Waals surface area contributed by atoms with E-state index in [2.05, 4.69) is 0 Å². The highest BCUT2D eigenvalue weighted by atomic mass is 35.5. The normalized spacial score (nSPS) is 19.5. The van der Waals surface area contributed by atoms with Crippen molar-refractivity contribution in [2.24, 2.45) is 0 Å². The van der Waals surface area contributed by atoms with Crippen molar-refractivity contribution in [3.63, 3.8) is 0 Å². The second-order valence-corrected chi connectivity index (χ2v) is 11.4. The van der Waals surface area contributed by atoms with Crippen molar-refractivity contribution in [2.75, 3.05) is 11.5 Å². The van der Waals surface area contributed by atoms with Crippen LogP contribution in [0.4, 0.5) is 23.7 Å². The maximum Gasteiger partial charge on any atom is 0.415 e. The Kier molecular flexibility index (Phi) is 5.37. The molecule has 0 bridgehead atoms. The molecule has 0 saturated carbocycles. The van der Waals surface area contributed by atoms with E-state index in [9.17, 15) is 18.0 Å². The number of hydrogen-bond acceptors (Lipinski definition) is 4. The first-order chi connectivity index (χ1) is 11.4. The number of cyclic esters (lactones) is 1. The Hall–Kier alpha value is -1.76. The van der Waals surface area contributed by atoms with E-state index in [1.54, 1.807) is 19.6 Å². The number of hydrogen-bond donors (Lipinski definition) is 0. The Morgan fingerprint density at radius 1 is 1.44 bits per heavy atom. The highest BCUT2D eigenvalue weighted by molar-refractivity contribution is 6.69. The molecule has 2 atom stereocenters. The lowest BCUT2D eigenvalue weighted by atomic mass is 10.1. The predicted octanol–water partition coefficient (Wildman–Crippen LogP) is 4.32. The van der Waals surface area contributed by atoms with Crippen LogP contribution < -0.4 is 4.90 Å². The van der Waals surface area contributed by atoms with E-state index >= 15 is 0 Å². The predicted molar refractivity (Wildman–Crippen MR) is 88.1 cm³/mol. The average molecular weight is 393 g/mol. The van der Waals surface area contributed by atoms with E-state index in [0.29, 0.717) is 0 Å². The Morgan fingerprint density at radius 3 is 2.56 bits per heavy atom. The van der Waals surface area contributed by atoms with Gasteiger partial charge in [-0.25, -0.2) is 4.79 Å². The fraction of sp³-hybridized carbons (Fsp3) is 0.467. The standard InChI is InChI=1S/C15H16ClF3N2O3Si/c1-25(2,3)24-13(15(17,18)19)12-8-23-14(22)21(12)10-5-4-9(7-20)11(16)6-10/h4-6,12-13H,8H2,1-3H3. The summed E-state index contributed by atoms with van der Waals surface area (Å²) in [6, 6.07) is 4.43. The van der Waals surface area contributed by atoms with E-state index in [0.717, 1.165) is 4.90 Å². The molecule has 0 aromatic heterocycles. The van der Waals surface area contributed by atoms with Gasteiger partial charge in [-0.15, -0.1) is 0 Å². The largest absolute Gasteiger partial charge is 0.447 e. The molecule has 1 aromatic rings. The summed E-state index contributed by atoms with van der Waals surface area (Å²) in [6.45, 7) is 4.44. The van der Waals surface area contributed by atoms with Crippen molar-refractivity contribution >= 4 is 31.7 Å². The number of halogens is 4. The summed E-state index contributed by atoms with van der Waals surface area (Å²) >= 11 is 5.93. The molecule has 1 aromatic carbocycles. The molecule has 5 nitrogen and oxygen atoms in total. The number of carbonyl (C=O) groups excluding carboxylic acids is 1. The molecule has 0 N–H and O–H groups in total. The molecule has 136 valence electrons. The maximum absolute atomic E-state index is 13.6. The quantitative estimate of drug-likeness (QED) is 0.716. The topological polar surface area (TPSA) is 62.6 Å². The van der Waals surface area contributed by atoms with Crippen LogP contribution >= 0.6 is 11.6 Å². The maximum atomic E-state index is 13.6. The van der Waals surface area contributed by atoms with Crippen LogP contribution in [-0.2, 0) is 9.16 Å². The minimum absolute atomic E-state index is 0.0353. The van der Waals surface area contributed by atoms with E-state index < -0.39 is 39.3 Å². The summed E-state index contributed by atoms with van der Waals surface area (Å²) in [5.41, 5.74) is 0.269. The number of rotatable bonds is 4. The Bertz CT molecular complexity index is 715.